The van der Waals surface area contributed by atoms with Gasteiger partial charge < -0.3 is 25.2 Å². The van der Waals surface area contributed by atoms with Crippen molar-refractivity contribution in [1.82, 2.24) is 15.5 Å². The second-order valence-electron chi connectivity index (χ2n) is 23.2. The maximum absolute atomic E-state index is 14.5. The number of ether oxygens (including phenoxy) is 2. The standard InChI is InChI=1S/C53H78N4O8/c1-48(2)23-25-53(26-24-51(6)35(36(53)33-48)15-17-40-50(5)21-20-41(58)49(3,4)39(50)19-22-52(40,51)7)47(63)55-28-12-32-65-30-9-8-29-64-31-11-27-54-37-14-10-13-34-43(37)46(62)57(45(34)61)38-16-18-42(59)56-44(38)60/h10,13-15,36,38-41,54,58H,8-9,11-12,16-33H2,1-7H3,(H,55,63)(H,56,59,60)/t36-,38?,39-,40+,41-,50-,51+,52+,53-/m0/s1. The second kappa shape index (κ2) is 18.1. The minimum atomic E-state index is -0.995. The van der Waals surface area contributed by atoms with Crippen LogP contribution in [0.5, 0.6) is 0 Å². The molecule has 358 valence electrons. The zero-order chi connectivity index (χ0) is 46.6. The molecule has 65 heavy (non-hydrogen) atoms. The Morgan fingerprint density at radius 3 is 2.22 bits per heavy atom. The Morgan fingerprint density at radius 2 is 1.49 bits per heavy atom. The Labute approximate surface area is 387 Å². The first-order valence-electron chi connectivity index (χ1n) is 25.2. The second-order valence-corrected chi connectivity index (χ2v) is 23.2. The summed E-state index contributed by atoms with van der Waals surface area (Å²) in [5.41, 5.74) is 2.91. The lowest BCUT2D eigenvalue weighted by atomic mass is 9.33. The number of amides is 5. The molecule has 1 saturated heterocycles. The van der Waals surface area contributed by atoms with Crippen LogP contribution in [-0.4, -0.2) is 91.2 Å². The molecule has 12 heteroatoms. The highest BCUT2D eigenvalue weighted by Gasteiger charge is 2.69. The van der Waals surface area contributed by atoms with E-state index in [2.05, 4.69) is 70.5 Å². The number of aliphatic hydroxyl groups excluding tert-OH is 1. The molecule has 4 N–H and O–H groups in total. The van der Waals surface area contributed by atoms with E-state index in [0.717, 1.165) is 75.5 Å². The van der Waals surface area contributed by atoms with Crippen LogP contribution in [0, 0.1) is 50.2 Å². The molecule has 7 aliphatic rings. The number of fused-ring (bicyclic) bond motifs is 8. The lowest BCUT2D eigenvalue weighted by molar-refractivity contribution is -0.203. The Bertz CT molecular complexity index is 2060. The maximum atomic E-state index is 14.5. The topological polar surface area (TPSA) is 163 Å². The Kier molecular flexibility index (Phi) is 13.4. The van der Waals surface area contributed by atoms with Gasteiger partial charge in [0, 0.05) is 51.6 Å². The molecule has 8 rings (SSSR count). The molecule has 1 aromatic rings. The molecule has 1 unspecified atom stereocenters. The van der Waals surface area contributed by atoms with Crippen LogP contribution < -0.4 is 16.0 Å². The van der Waals surface area contributed by atoms with E-state index in [0.29, 0.717) is 63.5 Å². The molecule has 2 heterocycles. The number of nitrogens with zero attached hydrogens (tertiary/aromatic N) is 1. The number of rotatable bonds is 16. The molecule has 0 radical (unpaired) electrons. The number of aliphatic hydroxyl groups is 1. The quantitative estimate of drug-likeness (QED) is 0.0726. The normalized spacial score (nSPS) is 35.8. The van der Waals surface area contributed by atoms with Gasteiger partial charge in [-0.25, -0.2) is 0 Å². The highest BCUT2D eigenvalue weighted by atomic mass is 16.5. The number of unbranched alkanes of at least 4 members (excludes halogenated alkanes) is 1. The fourth-order valence-electron chi connectivity index (χ4n) is 14.9. The van der Waals surface area contributed by atoms with Crippen LogP contribution in [0.1, 0.15) is 172 Å². The van der Waals surface area contributed by atoms with Crippen LogP contribution in [0.15, 0.2) is 29.8 Å². The third-order valence-electron chi connectivity index (χ3n) is 18.9. The van der Waals surface area contributed by atoms with Crippen LogP contribution in [-0.2, 0) is 23.9 Å². The van der Waals surface area contributed by atoms with Crippen molar-refractivity contribution in [2.45, 2.75) is 163 Å². The highest BCUT2D eigenvalue weighted by Crippen LogP contribution is 2.75. The van der Waals surface area contributed by atoms with E-state index in [-0.39, 0.29) is 74.4 Å². The van der Waals surface area contributed by atoms with Gasteiger partial charge in [-0.1, -0.05) is 66.2 Å². The summed E-state index contributed by atoms with van der Waals surface area (Å²) in [6.07, 6.45) is 16.5. The van der Waals surface area contributed by atoms with Crippen molar-refractivity contribution in [2.75, 3.05) is 44.8 Å². The van der Waals surface area contributed by atoms with E-state index in [1.54, 1.807) is 23.8 Å². The maximum Gasteiger partial charge on any atom is 0.264 e. The molecule has 9 atom stereocenters. The van der Waals surface area contributed by atoms with Crippen molar-refractivity contribution >= 4 is 35.2 Å². The number of allylic oxidation sites excluding steroid dienone is 2. The molecule has 0 bridgehead atoms. The molecule has 4 saturated carbocycles. The van der Waals surface area contributed by atoms with E-state index in [9.17, 15) is 29.1 Å². The van der Waals surface area contributed by atoms with Crippen LogP contribution >= 0.6 is 0 Å². The summed E-state index contributed by atoms with van der Waals surface area (Å²) < 4.78 is 11.8. The minimum Gasteiger partial charge on any atom is -0.393 e. The summed E-state index contributed by atoms with van der Waals surface area (Å²) in [5, 5.41) is 20.0. The molecule has 5 aliphatic carbocycles. The predicted molar refractivity (Wildman–Crippen MR) is 250 cm³/mol. The molecule has 5 amide bonds. The number of hydrogen-bond donors (Lipinski definition) is 4. The lowest BCUT2D eigenvalue weighted by Crippen LogP contribution is -2.65. The van der Waals surface area contributed by atoms with Gasteiger partial charge in [-0.15, -0.1) is 0 Å². The van der Waals surface area contributed by atoms with E-state index < -0.39 is 29.7 Å². The number of anilines is 1. The number of carbonyl (C=O) groups excluding carboxylic acids is 5. The van der Waals surface area contributed by atoms with Crippen molar-refractivity contribution in [1.29, 1.82) is 0 Å². The van der Waals surface area contributed by atoms with E-state index in [1.807, 2.05) is 0 Å². The Hall–Kier alpha value is -3.61. The van der Waals surface area contributed by atoms with Crippen molar-refractivity contribution in [2.24, 2.45) is 50.2 Å². The van der Waals surface area contributed by atoms with Gasteiger partial charge in [0.05, 0.1) is 22.6 Å². The zero-order valence-corrected chi connectivity index (χ0v) is 40.5. The third-order valence-corrected chi connectivity index (χ3v) is 18.9. The minimum absolute atomic E-state index is 0.0636. The van der Waals surface area contributed by atoms with Gasteiger partial charge in [0.1, 0.15) is 6.04 Å². The average molecular weight is 899 g/mol. The molecular formula is C53H78N4O8. The molecule has 0 aromatic heterocycles. The van der Waals surface area contributed by atoms with E-state index >= 15 is 0 Å². The molecule has 0 spiro atoms. The van der Waals surface area contributed by atoms with Crippen LogP contribution in [0.4, 0.5) is 5.69 Å². The van der Waals surface area contributed by atoms with Gasteiger partial charge in [0.15, 0.2) is 0 Å². The van der Waals surface area contributed by atoms with Gasteiger partial charge in [-0.05, 0) is 153 Å². The van der Waals surface area contributed by atoms with Gasteiger partial charge in [0.2, 0.25) is 17.7 Å². The van der Waals surface area contributed by atoms with Gasteiger partial charge in [-0.2, -0.15) is 0 Å². The summed E-state index contributed by atoms with van der Waals surface area (Å²) >= 11 is 0. The van der Waals surface area contributed by atoms with Crippen LogP contribution in [0.2, 0.25) is 0 Å². The zero-order valence-electron chi connectivity index (χ0n) is 40.5. The summed E-state index contributed by atoms with van der Waals surface area (Å²) in [7, 11) is 0. The number of benzene rings is 1. The van der Waals surface area contributed by atoms with E-state index in [4.69, 9.17) is 9.47 Å². The van der Waals surface area contributed by atoms with Gasteiger partial charge in [0.25, 0.3) is 11.8 Å². The fraction of sp³-hybridized carbons (Fsp3) is 0.755. The van der Waals surface area contributed by atoms with Crippen LogP contribution in [0.25, 0.3) is 0 Å². The number of imide groups is 2. The average Bonchev–Trinajstić information content (AvgIpc) is 3.51. The van der Waals surface area contributed by atoms with Crippen LogP contribution in [0.3, 0.4) is 0 Å². The first kappa shape index (κ1) is 47.9. The number of nitrogens with one attached hydrogen (secondary N) is 3. The number of carbonyl (C=O) groups is 5. The van der Waals surface area contributed by atoms with Crippen molar-refractivity contribution in [3.8, 4) is 0 Å². The van der Waals surface area contributed by atoms with Crippen molar-refractivity contribution in [3.63, 3.8) is 0 Å². The monoisotopic (exact) mass is 899 g/mol. The summed E-state index contributed by atoms with van der Waals surface area (Å²) in [6.45, 7) is 20.8. The molecule has 2 aliphatic heterocycles. The Balaban J connectivity index is 0.745. The van der Waals surface area contributed by atoms with Gasteiger partial charge >= 0.3 is 0 Å². The molecular weight excluding hydrogens is 821 g/mol. The smallest absolute Gasteiger partial charge is 0.264 e. The molecule has 1 aromatic carbocycles. The molecule has 12 nitrogen and oxygen atoms in total. The van der Waals surface area contributed by atoms with Crippen molar-refractivity contribution in [3.05, 3.63) is 41.0 Å². The summed E-state index contributed by atoms with van der Waals surface area (Å²) in [5.74, 6) is -0.421. The largest absolute Gasteiger partial charge is 0.393 e. The molecule has 5 fully saturated rings. The summed E-state index contributed by atoms with van der Waals surface area (Å²) in [6, 6.07) is 4.06. The van der Waals surface area contributed by atoms with Gasteiger partial charge in [-0.3, -0.25) is 34.2 Å². The number of hydrogen-bond acceptors (Lipinski definition) is 9. The first-order chi connectivity index (χ1) is 30.8. The lowest BCUT2D eigenvalue weighted by Gasteiger charge is -2.71. The Morgan fingerprint density at radius 1 is 0.800 bits per heavy atom. The number of piperidine rings is 1. The van der Waals surface area contributed by atoms with Crippen molar-refractivity contribution < 1.29 is 38.6 Å². The third kappa shape index (κ3) is 8.31. The first-order valence-corrected chi connectivity index (χ1v) is 25.2. The highest BCUT2D eigenvalue weighted by molar-refractivity contribution is 6.25. The summed E-state index contributed by atoms with van der Waals surface area (Å²) in [4.78, 5) is 66.0. The van der Waals surface area contributed by atoms with E-state index in [1.165, 1.54) is 12.8 Å². The fourth-order valence-corrected chi connectivity index (χ4v) is 14.9. The SMILES string of the molecule is CC1(C)CC[C@]2(C(=O)NCCCOCCCCOCCCNc3cccc4c3C(=O)N(C3CCC(=O)NC3=O)C4=O)CC[C@]3(C)C(=CC[C@@H]4[C@@]5(C)CC[C@H](O)C(C)(C)[C@@H]5CC[C@]43C)[C@@H]2C1. The predicted octanol–water partition coefficient (Wildman–Crippen LogP) is 8.37.